The predicted octanol–water partition coefficient (Wildman–Crippen LogP) is 6.16. The number of imidazole rings is 1. The third kappa shape index (κ3) is 4.94. The van der Waals surface area contributed by atoms with Gasteiger partial charge in [-0.1, -0.05) is 29.8 Å². The first-order valence-corrected chi connectivity index (χ1v) is 14.6. The Kier molecular flexibility index (Phi) is 6.93. The summed E-state index contributed by atoms with van der Waals surface area (Å²) in [5.41, 5.74) is 3.06. The zero-order valence-corrected chi connectivity index (χ0v) is 23.9. The van der Waals surface area contributed by atoms with Gasteiger partial charge in [-0.05, 0) is 61.9 Å². The lowest BCUT2D eigenvalue weighted by atomic mass is 9.91. The Hall–Kier alpha value is -3.50. The number of nitrogens with zero attached hydrogens (tertiary/aromatic N) is 3. The topological polar surface area (TPSA) is 86.1 Å². The van der Waals surface area contributed by atoms with E-state index >= 15 is 4.39 Å². The largest absolute Gasteiger partial charge is 0.478 e. The Labute approximate surface area is 247 Å². The fourth-order valence-corrected chi connectivity index (χ4v) is 6.55. The lowest BCUT2D eigenvalue weighted by Gasteiger charge is -2.42. The number of likely N-dealkylation sites (tertiary alicyclic amines) is 1. The number of carboxylic acid groups (broad SMARTS) is 1. The van der Waals surface area contributed by atoms with Gasteiger partial charge in [0.15, 0.2) is 0 Å². The number of carbonyl (C=O) groups is 1. The average Bonchev–Trinajstić information content (AvgIpc) is 3.54. The number of aromatic carboxylic acids is 1. The Bertz CT molecular complexity index is 1670. The molecule has 2 saturated heterocycles. The van der Waals surface area contributed by atoms with Crippen LogP contribution in [0.3, 0.4) is 0 Å². The van der Waals surface area contributed by atoms with Gasteiger partial charge in [-0.2, -0.15) is 0 Å². The second-order valence-electron chi connectivity index (χ2n) is 11.5. The van der Waals surface area contributed by atoms with E-state index in [1.54, 1.807) is 37.3 Å². The molecule has 4 atom stereocenters. The molecule has 0 bridgehead atoms. The Morgan fingerprint density at radius 1 is 1.17 bits per heavy atom. The molecule has 3 aromatic carbocycles. The monoisotopic (exact) mass is 591 g/mol. The second kappa shape index (κ2) is 10.6. The van der Waals surface area contributed by atoms with E-state index in [0.717, 1.165) is 55.0 Å². The minimum atomic E-state index is -1.32. The lowest BCUT2D eigenvalue weighted by molar-refractivity contribution is -0.239. The number of hydrogen-bond acceptors (Lipinski definition) is 6. The zero-order valence-electron chi connectivity index (χ0n) is 23.1. The molecule has 0 spiro atoms. The number of para-hydroxylation sites is 1. The maximum Gasteiger partial charge on any atom is 0.335 e. The van der Waals surface area contributed by atoms with Crippen LogP contribution < -0.4 is 4.74 Å². The molecule has 3 unspecified atom stereocenters. The fourth-order valence-electron chi connectivity index (χ4n) is 6.39. The van der Waals surface area contributed by atoms with Crippen molar-refractivity contribution < 1.29 is 28.5 Å². The fraction of sp³-hybridized carbons (Fsp3) is 0.375. The first-order valence-electron chi connectivity index (χ1n) is 14.2. The van der Waals surface area contributed by atoms with Gasteiger partial charge in [-0.25, -0.2) is 14.2 Å². The molecule has 7 rings (SSSR count). The van der Waals surface area contributed by atoms with Crippen molar-refractivity contribution in [3.8, 4) is 5.75 Å². The number of hydrogen-bond donors (Lipinski definition) is 1. The summed E-state index contributed by atoms with van der Waals surface area (Å²) in [6.07, 6.45) is 1.64. The average molecular weight is 592 g/mol. The maximum absolute atomic E-state index is 15.1. The zero-order chi connectivity index (χ0) is 29.0. The van der Waals surface area contributed by atoms with E-state index in [9.17, 15) is 9.90 Å². The SMILES string of the molecule is CC1(c2ccc(Cl)cc2F)Oc2ccccc2C(C2CCN(Cc3nc4ccc(C(=O)O)cc4n3C[C@@H]3CCO3)C2)O1. The second-order valence-corrected chi connectivity index (χ2v) is 11.9. The summed E-state index contributed by atoms with van der Waals surface area (Å²) in [6.45, 7) is 5.32. The molecule has 0 saturated carbocycles. The number of ether oxygens (including phenoxy) is 3. The normalized spacial score (nSPS) is 25.6. The van der Waals surface area contributed by atoms with Crippen LogP contribution in [0, 0.1) is 11.7 Å². The third-order valence-electron chi connectivity index (χ3n) is 8.66. The molecular weight excluding hydrogens is 561 g/mol. The Morgan fingerprint density at radius 2 is 2.00 bits per heavy atom. The summed E-state index contributed by atoms with van der Waals surface area (Å²) < 4.78 is 35.8. The molecule has 4 heterocycles. The highest BCUT2D eigenvalue weighted by atomic mass is 35.5. The molecule has 8 nitrogen and oxygen atoms in total. The number of halogens is 2. The molecule has 10 heteroatoms. The van der Waals surface area contributed by atoms with Gasteiger partial charge in [0.2, 0.25) is 5.79 Å². The van der Waals surface area contributed by atoms with E-state index in [1.165, 1.54) is 6.07 Å². The minimum absolute atomic E-state index is 0.0963. The maximum atomic E-state index is 15.1. The standard InChI is InChI=1S/C32H31ClFN3O5/c1-32(24-8-7-21(33)15-25(24)34)41-28-5-3-2-4-23(28)30(42-32)20-10-12-36(16-20)18-29-35-26-9-6-19(31(38)39)14-27(26)37(29)17-22-11-13-40-22/h2-9,14-15,20,22,30H,10-13,16-18H2,1H3,(H,38,39)/t20?,22-,30?,32?/m0/s1. The van der Waals surface area contributed by atoms with Crippen LogP contribution in [0.4, 0.5) is 4.39 Å². The number of aromatic nitrogens is 2. The highest BCUT2D eigenvalue weighted by Crippen LogP contribution is 2.48. The molecular formula is C32H31ClFN3O5. The first kappa shape index (κ1) is 27.3. The van der Waals surface area contributed by atoms with Crippen molar-refractivity contribution in [2.24, 2.45) is 5.92 Å². The van der Waals surface area contributed by atoms with Crippen LogP contribution in [0.15, 0.2) is 60.7 Å². The summed E-state index contributed by atoms with van der Waals surface area (Å²) in [5.74, 6) is -1.06. The Morgan fingerprint density at radius 3 is 2.76 bits per heavy atom. The molecule has 4 aromatic rings. The molecule has 0 amide bonds. The number of rotatable bonds is 7. The van der Waals surface area contributed by atoms with Crippen molar-refractivity contribution in [3.63, 3.8) is 0 Å². The summed E-state index contributed by atoms with van der Waals surface area (Å²) >= 11 is 6.03. The van der Waals surface area contributed by atoms with Crippen molar-refractivity contribution in [1.82, 2.24) is 14.5 Å². The van der Waals surface area contributed by atoms with E-state index in [1.807, 2.05) is 24.3 Å². The lowest BCUT2D eigenvalue weighted by Crippen LogP contribution is -2.41. The predicted molar refractivity (Wildman–Crippen MR) is 154 cm³/mol. The van der Waals surface area contributed by atoms with Crippen molar-refractivity contribution in [3.05, 3.63) is 94.0 Å². The van der Waals surface area contributed by atoms with Crippen LogP contribution in [0.2, 0.25) is 5.02 Å². The molecule has 42 heavy (non-hydrogen) atoms. The van der Waals surface area contributed by atoms with Crippen molar-refractivity contribution >= 4 is 28.6 Å². The van der Waals surface area contributed by atoms with E-state index in [2.05, 4.69) is 9.47 Å². The van der Waals surface area contributed by atoms with Gasteiger partial charge in [0, 0.05) is 36.6 Å². The van der Waals surface area contributed by atoms with Crippen LogP contribution in [-0.2, 0) is 28.4 Å². The summed E-state index contributed by atoms with van der Waals surface area (Å²) in [6, 6.07) is 17.4. The molecule has 0 aliphatic carbocycles. The van der Waals surface area contributed by atoms with E-state index in [0.29, 0.717) is 29.4 Å². The van der Waals surface area contributed by atoms with E-state index in [4.69, 9.17) is 30.8 Å². The third-order valence-corrected chi connectivity index (χ3v) is 8.89. The van der Waals surface area contributed by atoms with Gasteiger partial charge in [0.05, 0.1) is 47.5 Å². The molecule has 218 valence electrons. The molecule has 1 aromatic heterocycles. The van der Waals surface area contributed by atoms with Crippen LogP contribution in [0.25, 0.3) is 11.0 Å². The van der Waals surface area contributed by atoms with Crippen molar-refractivity contribution in [2.45, 2.75) is 50.8 Å². The summed E-state index contributed by atoms with van der Waals surface area (Å²) in [5, 5.41) is 9.87. The minimum Gasteiger partial charge on any atom is -0.478 e. The highest BCUT2D eigenvalue weighted by molar-refractivity contribution is 6.30. The van der Waals surface area contributed by atoms with Gasteiger partial charge >= 0.3 is 5.97 Å². The molecule has 0 radical (unpaired) electrons. The number of fused-ring (bicyclic) bond motifs is 2. The van der Waals surface area contributed by atoms with Crippen molar-refractivity contribution in [2.75, 3.05) is 19.7 Å². The molecule has 1 N–H and O–H groups in total. The first-order chi connectivity index (χ1) is 20.3. The van der Waals surface area contributed by atoms with Gasteiger partial charge in [0.25, 0.3) is 0 Å². The molecule has 3 aliphatic rings. The quantitative estimate of drug-likeness (QED) is 0.275. The smallest absolute Gasteiger partial charge is 0.335 e. The van der Waals surface area contributed by atoms with Crippen LogP contribution >= 0.6 is 11.6 Å². The van der Waals surface area contributed by atoms with Gasteiger partial charge in [-0.3, -0.25) is 4.90 Å². The van der Waals surface area contributed by atoms with Crippen LogP contribution in [0.5, 0.6) is 5.75 Å². The summed E-state index contributed by atoms with van der Waals surface area (Å²) in [4.78, 5) is 18.9. The Balaban J connectivity index is 1.16. The van der Waals surface area contributed by atoms with Crippen molar-refractivity contribution in [1.29, 1.82) is 0 Å². The van der Waals surface area contributed by atoms with Crippen LogP contribution in [0.1, 0.15) is 53.2 Å². The van der Waals surface area contributed by atoms with E-state index in [-0.39, 0.29) is 23.7 Å². The number of carboxylic acids is 1. The molecule has 3 aliphatic heterocycles. The van der Waals surface area contributed by atoms with E-state index < -0.39 is 17.6 Å². The summed E-state index contributed by atoms with van der Waals surface area (Å²) in [7, 11) is 0. The molecule has 2 fully saturated rings. The van der Waals surface area contributed by atoms with Gasteiger partial charge < -0.3 is 23.9 Å². The van der Waals surface area contributed by atoms with Crippen LogP contribution in [-0.4, -0.2) is 51.3 Å². The van der Waals surface area contributed by atoms with Gasteiger partial charge in [-0.15, -0.1) is 0 Å². The van der Waals surface area contributed by atoms with Gasteiger partial charge in [0.1, 0.15) is 17.4 Å². The number of benzene rings is 3. The highest BCUT2D eigenvalue weighted by Gasteiger charge is 2.45.